The normalized spacial score (nSPS) is 13.5. The van der Waals surface area contributed by atoms with Gasteiger partial charge in [0.1, 0.15) is 12.4 Å². The number of aryl methyl sites for hydroxylation is 1. The van der Waals surface area contributed by atoms with Gasteiger partial charge in [-0.1, -0.05) is 12.1 Å². The number of ether oxygens (including phenoxy) is 2. The minimum atomic E-state index is 0. The summed E-state index contributed by atoms with van der Waals surface area (Å²) in [6.07, 6.45) is 0.888. The molecule has 0 bridgehead atoms. The minimum absolute atomic E-state index is 0. The number of anilines is 1. The summed E-state index contributed by atoms with van der Waals surface area (Å²) in [6.45, 7) is 4.63. The van der Waals surface area contributed by atoms with Crippen LogP contribution < -0.4 is 20.1 Å². The predicted octanol–water partition coefficient (Wildman–Crippen LogP) is 3.93. The van der Waals surface area contributed by atoms with Crippen molar-refractivity contribution >= 4 is 46.7 Å². The molecule has 0 saturated carbocycles. The number of nitrogens with zero attached hydrogens (tertiary/aromatic N) is 3. The standard InChI is InChI=1S/C21H25N5O2.HI/c1-3-22-21(23-14-20-25-16-7-4-5-8-17(16)26(20)2)24-15-9-10-18-19(13-15)28-12-6-11-27-18;/h4-5,7-10,13H,3,6,11-12,14H2,1-2H3,(H2,22,23,24);1H. The molecule has 2 aromatic carbocycles. The van der Waals surface area contributed by atoms with Crippen molar-refractivity contribution in [2.45, 2.75) is 19.9 Å². The largest absolute Gasteiger partial charge is 0.490 e. The van der Waals surface area contributed by atoms with E-state index in [0.29, 0.717) is 25.7 Å². The smallest absolute Gasteiger partial charge is 0.196 e. The van der Waals surface area contributed by atoms with E-state index in [1.54, 1.807) is 0 Å². The molecule has 8 heteroatoms. The van der Waals surface area contributed by atoms with Crippen LogP contribution in [-0.4, -0.2) is 35.3 Å². The molecule has 0 aliphatic carbocycles. The van der Waals surface area contributed by atoms with Gasteiger partial charge in [-0.3, -0.25) is 0 Å². The van der Waals surface area contributed by atoms with Crippen molar-refractivity contribution in [1.82, 2.24) is 14.9 Å². The molecule has 0 saturated heterocycles. The molecule has 0 spiro atoms. The molecule has 2 heterocycles. The van der Waals surface area contributed by atoms with E-state index in [2.05, 4.69) is 26.3 Å². The summed E-state index contributed by atoms with van der Waals surface area (Å²) in [6, 6.07) is 13.9. The van der Waals surface area contributed by atoms with Crippen LogP contribution in [0.5, 0.6) is 11.5 Å². The van der Waals surface area contributed by atoms with Crippen LogP contribution in [0.25, 0.3) is 11.0 Å². The first-order valence-corrected chi connectivity index (χ1v) is 9.60. The zero-order chi connectivity index (χ0) is 19.3. The minimum Gasteiger partial charge on any atom is -0.490 e. The van der Waals surface area contributed by atoms with Crippen molar-refractivity contribution in [3.63, 3.8) is 0 Å². The molecule has 7 nitrogen and oxygen atoms in total. The van der Waals surface area contributed by atoms with Gasteiger partial charge in [0.2, 0.25) is 0 Å². The number of nitrogens with one attached hydrogen (secondary N) is 2. The molecular weight excluding hydrogens is 481 g/mol. The van der Waals surface area contributed by atoms with Gasteiger partial charge >= 0.3 is 0 Å². The molecule has 3 aromatic rings. The topological polar surface area (TPSA) is 72.7 Å². The van der Waals surface area contributed by atoms with Crippen LogP contribution in [0.15, 0.2) is 47.5 Å². The molecule has 0 fully saturated rings. The molecule has 1 aliphatic rings. The molecule has 29 heavy (non-hydrogen) atoms. The number of halogens is 1. The number of aromatic nitrogens is 2. The van der Waals surface area contributed by atoms with Crippen molar-refractivity contribution in [1.29, 1.82) is 0 Å². The summed E-state index contributed by atoms with van der Waals surface area (Å²) in [4.78, 5) is 9.39. The first kappa shape index (κ1) is 21.2. The van der Waals surface area contributed by atoms with Crippen LogP contribution in [-0.2, 0) is 13.6 Å². The third-order valence-electron chi connectivity index (χ3n) is 4.61. The molecule has 0 unspecified atom stereocenters. The van der Waals surface area contributed by atoms with Crippen LogP contribution in [0.1, 0.15) is 19.2 Å². The van der Waals surface area contributed by atoms with Gasteiger partial charge in [-0.15, -0.1) is 24.0 Å². The Kier molecular flexibility index (Phi) is 7.18. The molecule has 0 radical (unpaired) electrons. The van der Waals surface area contributed by atoms with Gasteiger partial charge in [-0.25, -0.2) is 9.98 Å². The molecule has 1 aliphatic heterocycles. The number of hydrogen-bond acceptors (Lipinski definition) is 4. The van der Waals surface area contributed by atoms with E-state index in [1.807, 2.05) is 50.4 Å². The van der Waals surface area contributed by atoms with E-state index < -0.39 is 0 Å². The van der Waals surface area contributed by atoms with Gasteiger partial charge in [0.25, 0.3) is 0 Å². The Hall–Kier alpha value is -2.49. The Morgan fingerprint density at radius 2 is 1.93 bits per heavy atom. The van der Waals surface area contributed by atoms with Crippen molar-refractivity contribution in [3.05, 3.63) is 48.3 Å². The highest BCUT2D eigenvalue weighted by Gasteiger charge is 2.12. The Labute approximate surface area is 187 Å². The summed E-state index contributed by atoms with van der Waals surface area (Å²) >= 11 is 0. The number of aliphatic imine (C=N–C) groups is 1. The third-order valence-corrected chi connectivity index (χ3v) is 4.61. The number of fused-ring (bicyclic) bond motifs is 2. The highest BCUT2D eigenvalue weighted by atomic mass is 127. The van der Waals surface area contributed by atoms with Crippen molar-refractivity contribution in [2.75, 3.05) is 25.1 Å². The maximum Gasteiger partial charge on any atom is 0.196 e. The lowest BCUT2D eigenvalue weighted by Crippen LogP contribution is -2.30. The number of hydrogen-bond donors (Lipinski definition) is 2. The molecular formula is C21H26IN5O2. The summed E-state index contributed by atoms with van der Waals surface area (Å²) in [7, 11) is 2.02. The number of benzene rings is 2. The zero-order valence-corrected chi connectivity index (χ0v) is 19.0. The average Bonchev–Trinajstić information content (AvgIpc) is 2.88. The molecule has 0 atom stereocenters. The average molecular weight is 507 g/mol. The first-order chi connectivity index (χ1) is 13.7. The van der Waals surface area contributed by atoms with E-state index in [0.717, 1.165) is 47.0 Å². The van der Waals surface area contributed by atoms with Crippen molar-refractivity contribution in [2.24, 2.45) is 12.0 Å². The first-order valence-electron chi connectivity index (χ1n) is 9.60. The molecule has 154 valence electrons. The second-order valence-corrected chi connectivity index (χ2v) is 6.61. The van der Waals surface area contributed by atoms with E-state index in [9.17, 15) is 0 Å². The Bertz CT molecular complexity index is 1000. The fraction of sp³-hybridized carbons (Fsp3) is 0.333. The van der Waals surface area contributed by atoms with Gasteiger partial charge in [-0.05, 0) is 31.2 Å². The highest BCUT2D eigenvalue weighted by Crippen LogP contribution is 2.32. The molecule has 4 rings (SSSR count). The lowest BCUT2D eigenvalue weighted by Gasteiger charge is -2.13. The lowest BCUT2D eigenvalue weighted by atomic mass is 10.3. The lowest BCUT2D eigenvalue weighted by molar-refractivity contribution is 0.297. The summed E-state index contributed by atoms with van der Waals surface area (Å²) in [5.41, 5.74) is 2.98. The monoisotopic (exact) mass is 507 g/mol. The molecule has 1 aromatic heterocycles. The predicted molar refractivity (Wildman–Crippen MR) is 127 cm³/mol. The fourth-order valence-electron chi connectivity index (χ4n) is 3.17. The molecule has 2 N–H and O–H groups in total. The zero-order valence-electron chi connectivity index (χ0n) is 16.6. The van der Waals surface area contributed by atoms with Crippen LogP contribution in [0, 0.1) is 0 Å². The van der Waals surface area contributed by atoms with E-state index in [1.165, 1.54) is 0 Å². The SMILES string of the molecule is CCNC(=NCc1nc2ccccc2n1C)Nc1ccc2c(c1)OCCCO2.I. The molecule has 0 amide bonds. The van der Waals surface area contributed by atoms with Crippen molar-refractivity contribution < 1.29 is 9.47 Å². The number of rotatable bonds is 4. The second kappa shape index (κ2) is 9.82. The maximum absolute atomic E-state index is 5.77. The Balaban J connectivity index is 0.00000240. The Morgan fingerprint density at radius 3 is 2.72 bits per heavy atom. The van der Waals surface area contributed by atoms with Gasteiger partial charge in [-0.2, -0.15) is 0 Å². The maximum atomic E-state index is 5.77. The Morgan fingerprint density at radius 1 is 1.14 bits per heavy atom. The fourth-order valence-corrected chi connectivity index (χ4v) is 3.17. The van der Waals surface area contributed by atoms with E-state index in [4.69, 9.17) is 14.5 Å². The van der Waals surface area contributed by atoms with Gasteiger partial charge in [0.15, 0.2) is 17.5 Å². The van der Waals surface area contributed by atoms with Crippen LogP contribution in [0.3, 0.4) is 0 Å². The summed E-state index contributed by atoms with van der Waals surface area (Å²) < 4.78 is 13.5. The van der Waals surface area contributed by atoms with Gasteiger partial charge < -0.3 is 24.7 Å². The van der Waals surface area contributed by atoms with Crippen molar-refractivity contribution in [3.8, 4) is 11.5 Å². The third kappa shape index (κ3) is 4.92. The summed E-state index contributed by atoms with van der Waals surface area (Å²) in [5.74, 6) is 3.15. The number of para-hydroxylation sites is 2. The number of guanidine groups is 1. The summed E-state index contributed by atoms with van der Waals surface area (Å²) in [5, 5.41) is 6.62. The van der Waals surface area contributed by atoms with E-state index >= 15 is 0 Å². The highest BCUT2D eigenvalue weighted by molar-refractivity contribution is 14.0. The van der Waals surface area contributed by atoms with Crippen LogP contribution in [0.4, 0.5) is 5.69 Å². The second-order valence-electron chi connectivity index (χ2n) is 6.61. The van der Waals surface area contributed by atoms with Gasteiger partial charge in [0, 0.05) is 31.8 Å². The van der Waals surface area contributed by atoms with Crippen LogP contribution in [0.2, 0.25) is 0 Å². The number of imidazole rings is 1. The quantitative estimate of drug-likeness (QED) is 0.318. The van der Waals surface area contributed by atoms with E-state index in [-0.39, 0.29) is 24.0 Å². The van der Waals surface area contributed by atoms with Gasteiger partial charge in [0.05, 0.1) is 24.2 Å². The van der Waals surface area contributed by atoms with Crippen LogP contribution >= 0.6 is 24.0 Å².